The molecule has 0 saturated carbocycles. The molecule has 0 atom stereocenters. The summed E-state index contributed by atoms with van der Waals surface area (Å²) in [6, 6.07) is 9.21. The van der Waals surface area contributed by atoms with E-state index in [1.165, 1.54) is 18.2 Å². The molecule has 4 rings (SSSR count). The second kappa shape index (κ2) is 6.18. The van der Waals surface area contributed by atoms with E-state index in [9.17, 15) is 8.78 Å². The Kier molecular flexibility index (Phi) is 3.84. The number of hydrogen-bond acceptors (Lipinski definition) is 3. The summed E-state index contributed by atoms with van der Waals surface area (Å²) in [5.74, 6) is 0.327. The van der Waals surface area contributed by atoms with E-state index in [1.54, 1.807) is 36.0 Å². The van der Waals surface area contributed by atoms with Crippen molar-refractivity contribution in [2.24, 2.45) is 7.05 Å². The highest BCUT2D eigenvalue weighted by molar-refractivity contribution is 5.92. The van der Waals surface area contributed by atoms with E-state index in [-0.39, 0.29) is 5.82 Å². The van der Waals surface area contributed by atoms with Crippen LogP contribution >= 0.6 is 0 Å². The summed E-state index contributed by atoms with van der Waals surface area (Å²) >= 11 is 0. The van der Waals surface area contributed by atoms with Crippen LogP contribution in [-0.2, 0) is 7.05 Å². The van der Waals surface area contributed by atoms with Crippen molar-refractivity contribution in [3.8, 4) is 11.4 Å². The normalized spacial score (nSPS) is 11.7. The van der Waals surface area contributed by atoms with Gasteiger partial charge in [-0.05, 0) is 36.8 Å². The Balaban J connectivity index is 1.77. The van der Waals surface area contributed by atoms with Gasteiger partial charge in [-0.15, -0.1) is 0 Å². The van der Waals surface area contributed by atoms with E-state index in [1.807, 2.05) is 13.0 Å². The molecule has 0 aliphatic rings. The Morgan fingerprint density at radius 3 is 2.54 bits per heavy atom. The molecule has 0 radical (unpaired) electrons. The summed E-state index contributed by atoms with van der Waals surface area (Å²) in [5, 5.41) is 12.1. The van der Waals surface area contributed by atoms with Crippen LogP contribution in [0.3, 0.4) is 0 Å². The molecule has 4 aromatic rings. The number of benzene rings is 2. The minimum atomic E-state index is -0.416. The zero-order chi connectivity index (χ0) is 18.3. The molecule has 7 heteroatoms. The number of aromatic nitrogens is 5. The fourth-order valence-electron chi connectivity index (χ4n) is 2.68. The number of aryl methyl sites for hydroxylation is 2. The fraction of sp³-hybridized carbons (Fsp3) is 0.105. The van der Waals surface area contributed by atoms with Crippen LogP contribution in [0.4, 0.5) is 8.78 Å². The predicted molar refractivity (Wildman–Crippen MR) is 96.1 cm³/mol. The maximum atomic E-state index is 14.5. The van der Waals surface area contributed by atoms with E-state index in [2.05, 4.69) is 20.3 Å². The van der Waals surface area contributed by atoms with Crippen molar-refractivity contribution in [2.45, 2.75) is 6.92 Å². The number of fused-ring (bicyclic) bond motifs is 1. The molecule has 0 aliphatic carbocycles. The van der Waals surface area contributed by atoms with E-state index < -0.39 is 5.82 Å². The second-order valence-electron chi connectivity index (χ2n) is 5.98. The number of nitrogens with one attached hydrogen (secondary N) is 1. The Labute approximate surface area is 148 Å². The molecule has 2 heterocycles. The molecule has 0 unspecified atom stereocenters. The largest absolute Gasteiger partial charge is 0.277 e. The van der Waals surface area contributed by atoms with Gasteiger partial charge in [0.15, 0.2) is 5.82 Å². The summed E-state index contributed by atoms with van der Waals surface area (Å²) in [6.07, 6.45) is 3.62. The molecule has 26 heavy (non-hydrogen) atoms. The fourth-order valence-corrected chi connectivity index (χ4v) is 2.68. The Morgan fingerprint density at radius 1 is 1.08 bits per heavy atom. The topological polar surface area (TPSA) is 59.4 Å². The van der Waals surface area contributed by atoms with E-state index >= 15 is 0 Å². The number of nitrogens with zero attached hydrogens (tertiary/aromatic N) is 4. The van der Waals surface area contributed by atoms with Crippen molar-refractivity contribution < 1.29 is 8.78 Å². The van der Waals surface area contributed by atoms with Gasteiger partial charge < -0.3 is 0 Å². The first-order valence-corrected chi connectivity index (χ1v) is 8.00. The third-order valence-electron chi connectivity index (χ3n) is 4.21. The van der Waals surface area contributed by atoms with E-state index in [0.717, 1.165) is 10.9 Å². The van der Waals surface area contributed by atoms with Crippen LogP contribution in [0.15, 0.2) is 36.4 Å². The van der Waals surface area contributed by atoms with Crippen molar-refractivity contribution in [1.29, 1.82) is 0 Å². The molecule has 1 N–H and O–H groups in total. The van der Waals surface area contributed by atoms with Crippen LogP contribution in [0.25, 0.3) is 34.4 Å². The lowest BCUT2D eigenvalue weighted by molar-refractivity contribution is 0.627. The molecular weight excluding hydrogens is 336 g/mol. The highest BCUT2D eigenvalue weighted by Gasteiger charge is 2.15. The molecule has 0 aliphatic heterocycles. The van der Waals surface area contributed by atoms with Crippen molar-refractivity contribution in [2.75, 3.05) is 0 Å². The summed E-state index contributed by atoms with van der Waals surface area (Å²) in [6.45, 7) is 1.81. The Morgan fingerprint density at radius 2 is 1.85 bits per heavy atom. The summed E-state index contributed by atoms with van der Waals surface area (Å²) in [5.41, 5.74) is 2.39. The van der Waals surface area contributed by atoms with E-state index in [4.69, 9.17) is 0 Å². The van der Waals surface area contributed by atoms with Crippen molar-refractivity contribution in [3.63, 3.8) is 0 Å². The van der Waals surface area contributed by atoms with Crippen LogP contribution in [0, 0.1) is 18.6 Å². The lowest BCUT2D eigenvalue weighted by Crippen LogP contribution is -1.93. The van der Waals surface area contributed by atoms with Gasteiger partial charge in [-0.2, -0.15) is 10.2 Å². The lowest BCUT2D eigenvalue weighted by atomic mass is 10.1. The number of rotatable bonds is 3. The number of H-pyrrole nitrogens is 1. The Bertz CT molecular complexity index is 1100. The van der Waals surface area contributed by atoms with Crippen LogP contribution in [0.5, 0.6) is 0 Å². The molecule has 130 valence electrons. The van der Waals surface area contributed by atoms with Crippen LogP contribution in [-0.4, -0.2) is 25.0 Å². The highest BCUT2D eigenvalue weighted by Crippen LogP contribution is 2.27. The molecule has 5 nitrogen and oxygen atoms in total. The van der Waals surface area contributed by atoms with Crippen LogP contribution in [0.2, 0.25) is 0 Å². The molecule has 0 saturated heterocycles. The molecule has 0 fully saturated rings. The number of aromatic amines is 1. The van der Waals surface area contributed by atoms with Gasteiger partial charge in [0, 0.05) is 18.5 Å². The van der Waals surface area contributed by atoms with Gasteiger partial charge >= 0.3 is 0 Å². The van der Waals surface area contributed by atoms with E-state index in [0.29, 0.717) is 28.4 Å². The van der Waals surface area contributed by atoms with Crippen molar-refractivity contribution in [1.82, 2.24) is 25.0 Å². The maximum Gasteiger partial charge on any atom is 0.184 e. The molecule has 0 spiro atoms. The van der Waals surface area contributed by atoms with Crippen molar-refractivity contribution in [3.05, 3.63) is 65.1 Å². The predicted octanol–water partition coefficient (Wildman–Crippen LogP) is 4.12. The van der Waals surface area contributed by atoms with Gasteiger partial charge in [0.25, 0.3) is 0 Å². The van der Waals surface area contributed by atoms with Crippen LogP contribution in [0.1, 0.15) is 17.1 Å². The summed E-state index contributed by atoms with van der Waals surface area (Å²) in [7, 11) is 1.76. The summed E-state index contributed by atoms with van der Waals surface area (Å²) < 4.78 is 29.0. The zero-order valence-corrected chi connectivity index (χ0v) is 14.2. The lowest BCUT2D eigenvalue weighted by Gasteiger charge is -1.99. The summed E-state index contributed by atoms with van der Waals surface area (Å²) in [4.78, 5) is 4.29. The first-order chi connectivity index (χ1) is 12.5. The van der Waals surface area contributed by atoms with Gasteiger partial charge in [0.1, 0.15) is 17.5 Å². The Hall–Kier alpha value is -3.35. The molecule has 0 bridgehead atoms. The van der Waals surface area contributed by atoms with Gasteiger partial charge in [-0.3, -0.25) is 9.78 Å². The third kappa shape index (κ3) is 2.88. The second-order valence-corrected chi connectivity index (χ2v) is 5.98. The van der Waals surface area contributed by atoms with Gasteiger partial charge in [-0.1, -0.05) is 18.2 Å². The van der Waals surface area contributed by atoms with Crippen LogP contribution < -0.4 is 0 Å². The average molecular weight is 351 g/mol. The highest BCUT2D eigenvalue weighted by atomic mass is 19.1. The number of halogens is 2. The minimum absolute atomic E-state index is 0.286. The smallest absolute Gasteiger partial charge is 0.184 e. The number of hydrogen-bond donors (Lipinski definition) is 1. The average Bonchev–Trinajstić information content (AvgIpc) is 3.16. The minimum Gasteiger partial charge on any atom is -0.277 e. The first-order valence-electron chi connectivity index (χ1n) is 8.00. The first kappa shape index (κ1) is 16.1. The maximum absolute atomic E-state index is 14.5. The van der Waals surface area contributed by atoms with Crippen molar-refractivity contribution >= 4 is 23.1 Å². The third-order valence-corrected chi connectivity index (χ3v) is 4.21. The monoisotopic (exact) mass is 351 g/mol. The quantitative estimate of drug-likeness (QED) is 0.604. The standard InChI is InChI=1S/C19H15F2N5/c1-11-22-19(25-26(11)2)14-9-15-17(23-24-18(15)10-16(14)21)8-5-12-3-6-13(20)7-4-12/h3-10H,1-2H3,(H,23,24). The van der Waals surface area contributed by atoms with Gasteiger partial charge in [0.2, 0.25) is 0 Å². The van der Waals surface area contributed by atoms with Gasteiger partial charge in [-0.25, -0.2) is 13.8 Å². The molecular formula is C19H15F2N5. The zero-order valence-electron chi connectivity index (χ0n) is 14.2. The SMILES string of the molecule is Cc1nc(-c2cc3c(C=Cc4ccc(F)cc4)n[nH]c3cc2F)nn1C. The molecule has 2 aromatic carbocycles. The van der Waals surface area contributed by atoms with Gasteiger partial charge in [0.05, 0.1) is 16.8 Å². The molecule has 0 amide bonds. The molecule has 2 aromatic heterocycles.